The van der Waals surface area contributed by atoms with Crippen molar-refractivity contribution in [1.29, 1.82) is 0 Å². The summed E-state index contributed by atoms with van der Waals surface area (Å²) in [5, 5.41) is 12.6. The molecule has 3 rings (SSSR count). The number of pyridine rings is 1. The fourth-order valence-corrected chi connectivity index (χ4v) is 4.00. The number of rotatable bonds is 7. The Kier molecular flexibility index (Phi) is 6.92. The average Bonchev–Trinajstić information content (AvgIpc) is 3.16. The van der Waals surface area contributed by atoms with Gasteiger partial charge in [0.1, 0.15) is 5.82 Å². The van der Waals surface area contributed by atoms with E-state index in [2.05, 4.69) is 10.3 Å². The van der Waals surface area contributed by atoms with Gasteiger partial charge < -0.3 is 10.4 Å². The Bertz CT molecular complexity index is 849. The van der Waals surface area contributed by atoms with Crippen LogP contribution >= 0.6 is 23.2 Å². The molecule has 2 N–H and O–H groups in total. The first-order valence-electron chi connectivity index (χ1n) is 9.35. The summed E-state index contributed by atoms with van der Waals surface area (Å²) in [5.41, 5.74) is 1.42. The first-order valence-corrected chi connectivity index (χ1v) is 10.1. The lowest BCUT2D eigenvalue weighted by molar-refractivity contribution is -0.136. The number of nitrogens with one attached hydrogen (secondary N) is 1. The summed E-state index contributed by atoms with van der Waals surface area (Å²) in [6.07, 6.45) is 6.78. The number of carbonyl (C=O) groups excluding carboxylic acids is 1. The molecule has 7 heteroatoms. The molecule has 1 amide bonds. The molecule has 1 aromatic carbocycles. The minimum atomic E-state index is -0.921. The lowest BCUT2D eigenvalue weighted by Crippen LogP contribution is -2.23. The third-order valence-electron chi connectivity index (χ3n) is 5.14. The van der Waals surface area contributed by atoms with Gasteiger partial charge in [0.05, 0.1) is 22.4 Å². The fraction of sp³-hybridized carbons (Fsp3) is 0.381. The number of aliphatic carboxylic acids is 1. The van der Waals surface area contributed by atoms with Gasteiger partial charge in [0.25, 0.3) is 0 Å². The Morgan fingerprint density at radius 3 is 2.50 bits per heavy atom. The van der Waals surface area contributed by atoms with Crippen molar-refractivity contribution in [2.24, 2.45) is 5.92 Å². The Morgan fingerprint density at radius 1 is 1.14 bits per heavy atom. The number of halogens is 2. The average molecular weight is 421 g/mol. The van der Waals surface area contributed by atoms with Crippen LogP contribution in [0.1, 0.15) is 49.1 Å². The van der Waals surface area contributed by atoms with Crippen molar-refractivity contribution >= 4 is 40.9 Å². The van der Waals surface area contributed by atoms with Crippen molar-refractivity contribution in [1.82, 2.24) is 4.98 Å². The number of carboxylic acids is 1. The number of carbonyl (C=O) groups is 2. The molecular weight excluding hydrogens is 399 g/mol. The maximum atomic E-state index is 13.0. The number of anilines is 1. The van der Waals surface area contributed by atoms with Crippen molar-refractivity contribution in [3.63, 3.8) is 0 Å². The Hall–Kier alpha value is -2.11. The van der Waals surface area contributed by atoms with E-state index in [0.29, 0.717) is 27.3 Å². The van der Waals surface area contributed by atoms with E-state index in [0.717, 1.165) is 24.8 Å². The third kappa shape index (κ3) is 5.46. The smallest absolute Gasteiger partial charge is 0.307 e. The van der Waals surface area contributed by atoms with Crippen LogP contribution in [0, 0.1) is 5.92 Å². The number of nitrogens with zero attached hydrogens (tertiary/aromatic N) is 1. The van der Waals surface area contributed by atoms with Gasteiger partial charge in [0.2, 0.25) is 5.91 Å². The van der Waals surface area contributed by atoms with Gasteiger partial charge >= 0.3 is 5.97 Å². The zero-order chi connectivity index (χ0) is 20.1. The predicted octanol–water partition coefficient (Wildman–Crippen LogP) is 5.32. The van der Waals surface area contributed by atoms with Gasteiger partial charge in [-0.05, 0) is 41.7 Å². The van der Waals surface area contributed by atoms with Gasteiger partial charge in [0, 0.05) is 6.20 Å². The third-order valence-corrected chi connectivity index (χ3v) is 5.88. The summed E-state index contributed by atoms with van der Waals surface area (Å²) in [5.74, 6) is -0.510. The van der Waals surface area contributed by atoms with Gasteiger partial charge in [-0.25, -0.2) is 4.98 Å². The minimum Gasteiger partial charge on any atom is -0.481 e. The lowest BCUT2D eigenvalue weighted by Gasteiger charge is -2.21. The second-order valence-electron chi connectivity index (χ2n) is 7.22. The van der Waals surface area contributed by atoms with E-state index in [1.54, 1.807) is 24.3 Å². The zero-order valence-electron chi connectivity index (χ0n) is 15.3. The number of benzene rings is 1. The zero-order valence-corrected chi connectivity index (χ0v) is 16.8. The van der Waals surface area contributed by atoms with Crippen LogP contribution in [0.4, 0.5) is 5.82 Å². The van der Waals surface area contributed by atoms with Crippen LogP contribution in [0.3, 0.4) is 0 Å². The summed E-state index contributed by atoms with van der Waals surface area (Å²) in [6.45, 7) is 0. The molecule has 0 spiro atoms. The summed E-state index contributed by atoms with van der Waals surface area (Å²) >= 11 is 12.2. The first-order chi connectivity index (χ1) is 13.4. The SMILES string of the molecule is O=C(O)Cc1ccc(NC(=O)C(CC2CCCC2)c2ccc(Cl)c(Cl)c2)nc1. The second kappa shape index (κ2) is 9.39. The van der Waals surface area contributed by atoms with Crippen molar-refractivity contribution in [2.75, 3.05) is 5.32 Å². The Labute approximate surface area is 174 Å². The minimum absolute atomic E-state index is 0.102. The molecule has 28 heavy (non-hydrogen) atoms. The monoisotopic (exact) mass is 420 g/mol. The molecule has 5 nitrogen and oxygen atoms in total. The number of hydrogen-bond acceptors (Lipinski definition) is 3. The van der Waals surface area contributed by atoms with E-state index in [9.17, 15) is 9.59 Å². The van der Waals surface area contributed by atoms with Crippen LogP contribution < -0.4 is 5.32 Å². The normalized spacial score (nSPS) is 15.4. The standard InChI is InChI=1S/C21H22Cl2N2O3/c22-17-7-6-15(11-18(17)23)16(9-13-3-1-2-4-13)21(28)25-19-8-5-14(12-24-19)10-20(26)27/h5-8,11-13,16H,1-4,9-10H2,(H,26,27)(H,24,25,28). The number of amides is 1. The molecule has 1 fully saturated rings. The Balaban J connectivity index is 1.77. The van der Waals surface area contributed by atoms with Gasteiger partial charge in [0.15, 0.2) is 0 Å². The topological polar surface area (TPSA) is 79.3 Å². The molecule has 1 aromatic heterocycles. The highest BCUT2D eigenvalue weighted by molar-refractivity contribution is 6.42. The van der Waals surface area contributed by atoms with Gasteiger partial charge in [-0.3, -0.25) is 9.59 Å². The van der Waals surface area contributed by atoms with E-state index < -0.39 is 5.97 Å². The van der Waals surface area contributed by atoms with Crippen LogP contribution in [0.2, 0.25) is 10.0 Å². The molecule has 1 atom stereocenters. The largest absolute Gasteiger partial charge is 0.481 e. The molecule has 0 aliphatic heterocycles. The molecule has 0 bridgehead atoms. The summed E-state index contributed by atoms with van der Waals surface area (Å²) in [7, 11) is 0. The van der Waals surface area contributed by atoms with E-state index in [1.807, 2.05) is 6.07 Å². The number of carboxylic acid groups (broad SMARTS) is 1. The van der Waals surface area contributed by atoms with Crippen molar-refractivity contribution in [2.45, 2.75) is 44.4 Å². The van der Waals surface area contributed by atoms with Crippen molar-refractivity contribution in [3.8, 4) is 0 Å². The molecule has 1 aliphatic carbocycles. The fourth-order valence-electron chi connectivity index (χ4n) is 3.69. The highest BCUT2D eigenvalue weighted by atomic mass is 35.5. The van der Waals surface area contributed by atoms with Crippen molar-refractivity contribution in [3.05, 3.63) is 57.7 Å². The molecular formula is C21H22Cl2N2O3. The maximum Gasteiger partial charge on any atom is 0.307 e. The molecule has 0 saturated heterocycles. The van der Waals surface area contributed by atoms with E-state index in [1.165, 1.54) is 19.0 Å². The molecule has 1 aliphatic rings. The van der Waals surface area contributed by atoms with Crippen LogP contribution in [0.15, 0.2) is 36.5 Å². The molecule has 2 aromatic rings. The van der Waals surface area contributed by atoms with Crippen LogP contribution in [-0.4, -0.2) is 22.0 Å². The summed E-state index contributed by atoms with van der Waals surface area (Å²) in [6, 6.07) is 8.59. The van der Waals surface area contributed by atoms with E-state index in [-0.39, 0.29) is 18.2 Å². The Morgan fingerprint density at radius 2 is 1.89 bits per heavy atom. The highest BCUT2D eigenvalue weighted by Crippen LogP contribution is 2.36. The summed E-state index contributed by atoms with van der Waals surface area (Å²) < 4.78 is 0. The molecule has 0 radical (unpaired) electrons. The predicted molar refractivity (Wildman–Crippen MR) is 110 cm³/mol. The quantitative estimate of drug-likeness (QED) is 0.634. The van der Waals surface area contributed by atoms with Crippen LogP contribution in [0.5, 0.6) is 0 Å². The van der Waals surface area contributed by atoms with E-state index in [4.69, 9.17) is 28.3 Å². The second-order valence-corrected chi connectivity index (χ2v) is 8.04. The summed E-state index contributed by atoms with van der Waals surface area (Å²) in [4.78, 5) is 28.0. The first kappa shape index (κ1) is 20.6. The number of aromatic nitrogens is 1. The van der Waals surface area contributed by atoms with Crippen molar-refractivity contribution < 1.29 is 14.7 Å². The van der Waals surface area contributed by atoms with Crippen LogP contribution in [0.25, 0.3) is 0 Å². The molecule has 1 saturated carbocycles. The number of hydrogen-bond donors (Lipinski definition) is 2. The molecule has 1 heterocycles. The maximum absolute atomic E-state index is 13.0. The van der Waals surface area contributed by atoms with Gasteiger partial charge in [-0.2, -0.15) is 0 Å². The van der Waals surface area contributed by atoms with Gasteiger partial charge in [-0.15, -0.1) is 0 Å². The van der Waals surface area contributed by atoms with E-state index >= 15 is 0 Å². The van der Waals surface area contributed by atoms with Gasteiger partial charge in [-0.1, -0.05) is 61.0 Å². The van der Waals surface area contributed by atoms with Crippen LogP contribution in [-0.2, 0) is 16.0 Å². The molecule has 1 unspecified atom stereocenters. The lowest BCUT2D eigenvalue weighted by atomic mass is 9.87. The highest BCUT2D eigenvalue weighted by Gasteiger charge is 2.27. The molecule has 148 valence electrons.